The molecule has 0 bridgehead atoms. The van der Waals surface area contributed by atoms with Crippen LogP contribution in [0.4, 0.5) is 4.79 Å². The Hall–Kier alpha value is -1.98. The lowest BCUT2D eigenvalue weighted by molar-refractivity contribution is -0.145. The first-order chi connectivity index (χ1) is 10.4. The summed E-state index contributed by atoms with van der Waals surface area (Å²) in [6, 6.07) is 1.60. The van der Waals surface area contributed by atoms with Crippen molar-refractivity contribution in [1.82, 2.24) is 10.6 Å². The van der Waals surface area contributed by atoms with Gasteiger partial charge in [-0.05, 0) is 46.1 Å². The minimum absolute atomic E-state index is 0.0171. The maximum Gasteiger partial charge on any atom is 0.315 e. The van der Waals surface area contributed by atoms with Gasteiger partial charge in [-0.1, -0.05) is 0 Å². The highest BCUT2D eigenvalue weighted by Gasteiger charge is 2.31. The van der Waals surface area contributed by atoms with E-state index in [0.29, 0.717) is 6.42 Å². The fourth-order valence-electron chi connectivity index (χ4n) is 3.08. The number of carbonyl (C=O) groups excluding carboxylic acids is 2. The largest absolute Gasteiger partial charge is 0.469 e. The van der Waals surface area contributed by atoms with Crippen LogP contribution in [0.15, 0.2) is 10.5 Å². The van der Waals surface area contributed by atoms with Gasteiger partial charge in [-0.2, -0.15) is 0 Å². The van der Waals surface area contributed by atoms with Gasteiger partial charge in [0, 0.05) is 11.6 Å². The number of hydrogen-bond donors (Lipinski definition) is 2. The number of esters is 1. The molecule has 1 saturated carbocycles. The van der Waals surface area contributed by atoms with E-state index in [1.165, 1.54) is 7.11 Å². The van der Waals surface area contributed by atoms with Crippen LogP contribution < -0.4 is 10.6 Å². The molecule has 1 unspecified atom stereocenters. The second-order valence-electron chi connectivity index (χ2n) is 5.94. The summed E-state index contributed by atoms with van der Waals surface area (Å²) >= 11 is 0. The predicted molar refractivity (Wildman–Crippen MR) is 81.4 cm³/mol. The molecule has 1 aliphatic carbocycles. The molecule has 0 radical (unpaired) electrons. The lowest BCUT2D eigenvalue weighted by Gasteiger charge is -2.17. The second kappa shape index (κ2) is 6.85. The summed E-state index contributed by atoms with van der Waals surface area (Å²) in [5.41, 5.74) is 0.978. The SMILES string of the molecule is COC(=O)[C@H]1CC[C@@H](NC(=O)NC(C)c2cc(C)oc2C)C1. The molecule has 2 rings (SSSR count). The summed E-state index contributed by atoms with van der Waals surface area (Å²) in [6.45, 7) is 5.69. The molecule has 0 aliphatic heterocycles. The van der Waals surface area contributed by atoms with Crippen LogP contribution in [0.3, 0.4) is 0 Å². The molecule has 22 heavy (non-hydrogen) atoms. The third kappa shape index (κ3) is 3.81. The number of methoxy groups -OCH3 is 1. The number of urea groups is 1. The van der Waals surface area contributed by atoms with Crippen LogP contribution in [0.1, 0.15) is 49.3 Å². The number of aryl methyl sites for hydroxylation is 2. The predicted octanol–water partition coefficient (Wildman–Crippen LogP) is 2.60. The monoisotopic (exact) mass is 308 g/mol. The minimum Gasteiger partial charge on any atom is -0.469 e. The van der Waals surface area contributed by atoms with E-state index in [0.717, 1.165) is 29.9 Å². The first-order valence-corrected chi connectivity index (χ1v) is 7.62. The van der Waals surface area contributed by atoms with Crippen LogP contribution in [-0.2, 0) is 9.53 Å². The molecular formula is C16H24N2O4. The smallest absolute Gasteiger partial charge is 0.315 e. The van der Waals surface area contributed by atoms with Crippen LogP contribution in [0, 0.1) is 19.8 Å². The molecule has 0 spiro atoms. The topological polar surface area (TPSA) is 80.6 Å². The summed E-state index contributed by atoms with van der Waals surface area (Å²) in [6.07, 6.45) is 2.19. The molecule has 6 heteroatoms. The molecule has 2 amide bonds. The van der Waals surface area contributed by atoms with Crippen molar-refractivity contribution in [2.24, 2.45) is 5.92 Å². The molecule has 122 valence electrons. The van der Waals surface area contributed by atoms with E-state index < -0.39 is 0 Å². The highest BCUT2D eigenvalue weighted by molar-refractivity contribution is 5.76. The van der Waals surface area contributed by atoms with E-state index in [1.807, 2.05) is 26.8 Å². The molecule has 2 N–H and O–H groups in total. The van der Waals surface area contributed by atoms with Crippen molar-refractivity contribution < 1.29 is 18.7 Å². The van der Waals surface area contributed by atoms with E-state index >= 15 is 0 Å². The Balaban J connectivity index is 1.83. The van der Waals surface area contributed by atoms with E-state index in [2.05, 4.69) is 10.6 Å². The summed E-state index contributed by atoms with van der Waals surface area (Å²) in [7, 11) is 1.40. The highest BCUT2D eigenvalue weighted by atomic mass is 16.5. The summed E-state index contributed by atoms with van der Waals surface area (Å²) in [4.78, 5) is 23.6. The third-order valence-electron chi connectivity index (χ3n) is 4.20. The quantitative estimate of drug-likeness (QED) is 0.838. The zero-order valence-electron chi connectivity index (χ0n) is 13.6. The van der Waals surface area contributed by atoms with Crippen molar-refractivity contribution in [3.8, 4) is 0 Å². The zero-order valence-corrected chi connectivity index (χ0v) is 13.6. The normalized spacial score (nSPS) is 22.2. The minimum atomic E-state index is -0.221. The average molecular weight is 308 g/mol. The van der Waals surface area contributed by atoms with Crippen molar-refractivity contribution >= 4 is 12.0 Å². The number of rotatable bonds is 4. The lowest BCUT2D eigenvalue weighted by atomic mass is 10.1. The Kier molecular flexibility index (Phi) is 5.11. The third-order valence-corrected chi connectivity index (χ3v) is 4.20. The van der Waals surface area contributed by atoms with Gasteiger partial charge in [0.2, 0.25) is 0 Å². The van der Waals surface area contributed by atoms with Gasteiger partial charge in [0.05, 0.1) is 19.1 Å². The van der Waals surface area contributed by atoms with Crippen LogP contribution in [0.5, 0.6) is 0 Å². The molecule has 1 aromatic rings. The standard InChI is InChI=1S/C16H24N2O4/c1-9-7-14(11(3)22-9)10(2)17-16(20)18-13-6-5-12(8-13)15(19)21-4/h7,10,12-13H,5-6,8H2,1-4H3,(H2,17,18,20)/t10?,12-,13+/m0/s1. The maximum atomic E-state index is 12.1. The van der Waals surface area contributed by atoms with Crippen LogP contribution in [-0.4, -0.2) is 25.2 Å². The lowest BCUT2D eigenvalue weighted by Crippen LogP contribution is -2.42. The van der Waals surface area contributed by atoms with Crippen molar-refractivity contribution in [3.63, 3.8) is 0 Å². The van der Waals surface area contributed by atoms with Crippen molar-refractivity contribution in [2.75, 3.05) is 7.11 Å². The number of amides is 2. The Bertz CT molecular complexity index is 552. The van der Waals surface area contributed by atoms with E-state index in [9.17, 15) is 9.59 Å². The van der Waals surface area contributed by atoms with Crippen LogP contribution >= 0.6 is 0 Å². The molecule has 0 saturated heterocycles. The van der Waals surface area contributed by atoms with Gasteiger partial charge in [-0.15, -0.1) is 0 Å². The first-order valence-electron chi connectivity index (χ1n) is 7.62. The number of furan rings is 1. The molecule has 0 aromatic carbocycles. The number of hydrogen-bond acceptors (Lipinski definition) is 4. The Morgan fingerprint density at radius 1 is 1.36 bits per heavy atom. The molecule has 1 heterocycles. The number of nitrogens with one attached hydrogen (secondary N) is 2. The Labute approximate surface area is 130 Å². The fraction of sp³-hybridized carbons (Fsp3) is 0.625. The van der Waals surface area contributed by atoms with Gasteiger partial charge < -0.3 is 19.8 Å². The Morgan fingerprint density at radius 3 is 2.68 bits per heavy atom. The average Bonchev–Trinajstić information content (AvgIpc) is 3.04. The maximum absolute atomic E-state index is 12.1. The summed E-state index contributed by atoms with van der Waals surface area (Å²) < 4.78 is 10.2. The first kappa shape index (κ1) is 16.4. The van der Waals surface area contributed by atoms with Gasteiger partial charge in [-0.25, -0.2) is 4.79 Å². The van der Waals surface area contributed by atoms with Crippen molar-refractivity contribution in [3.05, 3.63) is 23.2 Å². The van der Waals surface area contributed by atoms with Gasteiger partial charge in [-0.3, -0.25) is 4.79 Å². The van der Waals surface area contributed by atoms with E-state index in [-0.39, 0.29) is 30.0 Å². The van der Waals surface area contributed by atoms with E-state index in [4.69, 9.17) is 9.15 Å². The highest BCUT2D eigenvalue weighted by Crippen LogP contribution is 2.26. The molecular weight excluding hydrogens is 284 g/mol. The number of ether oxygens (including phenoxy) is 1. The Morgan fingerprint density at radius 2 is 2.09 bits per heavy atom. The number of carbonyl (C=O) groups is 2. The second-order valence-corrected chi connectivity index (χ2v) is 5.94. The molecule has 3 atom stereocenters. The molecule has 1 aliphatic rings. The van der Waals surface area contributed by atoms with E-state index in [1.54, 1.807) is 0 Å². The molecule has 1 aromatic heterocycles. The van der Waals surface area contributed by atoms with Gasteiger partial charge >= 0.3 is 12.0 Å². The van der Waals surface area contributed by atoms with Crippen LogP contribution in [0.2, 0.25) is 0 Å². The van der Waals surface area contributed by atoms with Crippen LogP contribution in [0.25, 0.3) is 0 Å². The molecule has 1 fully saturated rings. The summed E-state index contributed by atoms with van der Waals surface area (Å²) in [5, 5.41) is 5.84. The fourth-order valence-corrected chi connectivity index (χ4v) is 3.08. The molecule has 6 nitrogen and oxygen atoms in total. The zero-order chi connectivity index (χ0) is 16.3. The van der Waals surface area contributed by atoms with Gasteiger partial charge in [0.25, 0.3) is 0 Å². The van der Waals surface area contributed by atoms with Crippen molar-refractivity contribution in [2.45, 2.75) is 52.1 Å². The summed E-state index contributed by atoms with van der Waals surface area (Å²) in [5.74, 6) is 1.35. The van der Waals surface area contributed by atoms with Crippen molar-refractivity contribution in [1.29, 1.82) is 0 Å². The van der Waals surface area contributed by atoms with Gasteiger partial charge in [0.1, 0.15) is 11.5 Å². The van der Waals surface area contributed by atoms with Gasteiger partial charge in [0.15, 0.2) is 0 Å².